The summed E-state index contributed by atoms with van der Waals surface area (Å²) in [5.41, 5.74) is 0. The fourth-order valence-corrected chi connectivity index (χ4v) is 9.89. The summed E-state index contributed by atoms with van der Waals surface area (Å²) in [5.74, 6) is -0.461. The maximum atomic E-state index is 12.0. The Bertz CT molecular complexity index is 1460. The first-order valence-corrected chi connectivity index (χ1v) is 28.5. The van der Waals surface area contributed by atoms with E-state index in [0.29, 0.717) is 6.42 Å². The number of amides is 1. The smallest absolute Gasteiger partial charge is 0.217 e. The van der Waals surface area contributed by atoms with E-state index in [1.165, 1.54) is 161 Å². The van der Waals surface area contributed by atoms with Crippen LogP contribution in [0.25, 0.3) is 0 Å². The number of hydrogen-bond donors (Lipinski definition) is 12. The molecule has 3 saturated heterocycles. The average molecular weight is 1060 g/mol. The van der Waals surface area contributed by atoms with Gasteiger partial charge in [-0.15, -0.1) is 0 Å². The summed E-state index contributed by atoms with van der Waals surface area (Å²) < 4.78 is 33.7. The minimum atomic E-state index is -1.97. The number of unbranched alkanes of at least 4 members (excludes halogenated alkanes) is 25. The second kappa shape index (κ2) is 39.6. The van der Waals surface area contributed by atoms with Gasteiger partial charge in [-0.1, -0.05) is 179 Å². The van der Waals surface area contributed by atoms with E-state index in [0.717, 1.165) is 19.3 Å². The Hall–Kier alpha value is -1.73. The molecule has 74 heavy (non-hydrogen) atoms. The Morgan fingerprint density at radius 2 is 0.838 bits per heavy atom. The van der Waals surface area contributed by atoms with Gasteiger partial charge in [0, 0.05) is 6.92 Å². The first kappa shape index (κ1) is 66.5. The summed E-state index contributed by atoms with van der Waals surface area (Å²) in [7, 11) is 0. The predicted octanol–water partition coefficient (Wildman–Crippen LogP) is 3.98. The van der Waals surface area contributed by atoms with Crippen LogP contribution >= 0.6 is 0 Å². The Morgan fingerprint density at radius 3 is 1.27 bits per heavy atom. The summed E-state index contributed by atoms with van der Waals surface area (Å²) in [6.07, 6.45) is 16.3. The van der Waals surface area contributed by atoms with Gasteiger partial charge in [0.25, 0.3) is 0 Å². The zero-order valence-electron chi connectivity index (χ0n) is 44.8. The number of rotatable bonds is 41. The van der Waals surface area contributed by atoms with Crippen molar-refractivity contribution < 1.29 is 89.4 Å². The number of nitrogens with one attached hydrogen (secondary N) is 1. The number of hydrogen-bond acceptors (Lipinski definition) is 18. The van der Waals surface area contributed by atoms with Crippen LogP contribution in [-0.2, 0) is 33.2 Å². The lowest BCUT2D eigenvalue weighted by Crippen LogP contribution is -2.66. The largest absolute Gasteiger partial charge is 0.394 e. The fourth-order valence-electron chi connectivity index (χ4n) is 9.89. The lowest BCUT2D eigenvalue weighted by atomic mass is 9.96. The van der Waals surface area contributed by atoms with E-state index in [4.69, 9.17) is 28.4 Å². The first-order chi connectivity index (χ1) is 35.8. The minimum absolute atomic E-state index is 0.382. The van der Waals surface area contributed by atoms with E-state index >= 15 is 0 Å². The van der Waals surface area contributed by atoms with Crippen LogP contribution in [0.1, 0.15) is 187 Å². The van der Waals surface area contributed by atoms with E-state index in [-0.39, 0.29) is 6.61 Å². The molecule has 17 atom stereocenters. The molecule has 19 nitrogen and oxygen atoms in total. The molecule has 19 heteroatoms. The van der Waals surface area contributed by atoms with Crippen molar-refractivity contribution in [1.82, 2.24) is 5.32 Å². The van der Waals surface area contributed by atoms with E-state index in [1.54, 1.807) is 6.08 Å². The number of aliphatic hydroxyl groups excluding tert-OH is 11. The summed E-state index contributed by atoms with van der Waals surface area (Å²) in [6.45, 7) is 0.737. The Labute approximate surface area is 441 Å². The van der Waals surface area contributed by atoms with Gasteiger partial charge in [-0.05, 0) is 25.7 Å². The highest BCUT2D eigenvalue weighted by Gasteiger charge is 2.53. The lowest BCUT2D eigenvalue weighted by molar-refractivity contribution is -0.379. The van der Waals surface area contributed by atoms with Crippen LogP contribution in [0.2, 0.25) is 0 Å². The minimum Gasteiger partial charge on any atom is -0.394 e. The SMILES string of the molecule is CCCCCCCCCCCCCCCCCCCCCCCCCC/C=C/CC/C=C/C(O)C(COC1OC(CO)C(OC2OC(CO)C(OC3OC(CO)C(O)C(O)C3O)C(O)C2O)C(O)C1O)NC(C)=O. The van der Waals surface area contributed by atoms with Crippen molar-refractivity contribution >= 4 is 5.91 Å². The highest BCUT2D eigenvalue weighted by Crippen LogP contribution is 2.33. The average Bonchev–Trinajstić information content (AvgIpc) is 3.39. The zero-order chi connectivity index (χ0) is 54.1. The Balaban J connectivity index is 1.26. The van der Waals surface area contributed by atoms with Crippen molar-refractivity contribution in [3.63, 3.8) is 0 Å². The highest BCUT2D eigenvalue weighted by atomic mass is 16.8. The molecule has 1 amide bonds. The Kier molecular flexibility index (Phi) is 35.6. The highest BCUT2D eigenvalue weighted by molar-refractivity contribution is 5.73. The molecular weight excluding hydrogens is 963 g/mol. The van der Waals surface area contributed by atoms with Crippen LogP contribution in [0.15, 0.2) is 24.3 Å². The third kappa shape index (κ3) is 24.5. The molecular formula is C55H101NO18. The van der Waals surface area contributed by atoms with E-state index in [2.05, 4.69) is 24.4 Å². The van der Waals surface area contributed by atoms with Gasteiger partial charge in [0.1, 0.15) is 73.2 Å². The molecule has 0 aliphatic carbocycles. The van der Waals surface area contributed by atoms with Crippen LogP contribution in [0.3, 0.4) is 0 Å². The third-order valence-electron chi connectivity index (χ3n) is 14.5. The number of carbonyl (C=O) groups excluding carboxylic acids is 1. The quantitative estimate of drug-likeness (QED) is 0.0304. The molecule has 0 aromatic rings. The molecule has 434 valence electrons. The van der Waals surface area contributed by atoms with Gasteiger partial charge in [-0.2, -0.15) is 0 Å². The second-order valence-electron chi connectivity index (χ2n) is 20.8. The molecule has 17 unspecified atom stereocenters. The molecule has 0 aromatic carbocycles. The Morgan fingerprint density at radius 1 is 0.473 bits per heavy atom. The van der Waals surface area contributed by atoms with Crippen LogP contribution < -0.4 is 5.32 Å². The fraction of sp³-hybridized carbons (Fsp3) is 0.909. The normalized spacial score (nSPS) is 31.6. The molecule has 3 aliphatic heterocycles. The zero-order valence-corrected chi connectivity index (χ0v) is 44.8. The molecule has 0 bridgehead atoms. The van der Waals surface area contributed by atoms with E-state index < -0.39 is 130 Å². The molecule has 0 radical (unpaired) electrons. The van der Waals surface area contributed by atoms with Crippen LogP contribution in [-0.4, -0.2) is 193 Å². The van der Waals surface area contributed by atoms with Crippen LogP contribution in [0, 0.1) is 0 Å². The van der Waals surface area contributed by atoms with Crippen molar-refractivity contribution in [2.45, 2.75) is 291 Å². The van der Waals surface area contributed by atoms with Gasteiger partial charge in [0.05, 0.1) is 38.6 Å². The first-order valence-electron chi connectivity index (χ1n) is 28.5. The van der Waals surface area contributed by atoms with Crippen LogP contribution in [0.5, 0.6) is 0 Å². The van der Waals surface area contributed by atoms with E-state index in [9.17, 15) is 61.0 Å². The molecule has 12 N–H and O–H groups in total. The second-order valence-corrected chi connectivity index (χ2v) is 20.8. The van der Waals surface area contributed by atoms with Crippen molar-refractivity contribution in [1.29, 1.82) is 0 Å². The predicted molar refractivity (Wildman–Crippen MR) is 277 cm³/mol. The molecule has 3 aliphatic rings. The molecule has 3 heterocycles. The maximum absolute atomic E-state index is 12.0. The number of ether oxygens (including phenoxy) is 6. The van der Waals surface area contributed by atoms with Crippen molar-refractivity contribution in [3.05, 3.63) is 24.3 Å². The van der Waals surface area contributed by atoms with Gasteiger partial charge < -0.3 is 89.9 Å². The topological polar surface area (TPSA) is 307 Å². The van der Waals surface area contributed by atoms with Gasteiger partial charge in [0.2, 0.25) is 5.91 Å². The molecule has 3 fully saturated rings. The van der Waals surface area contributed by atoms with Crippen molar-refractivity contribution in [2.24, 2.45) is 0 Å². The monoisotopic (exact) mass is 1060 g/mol. The standard InChI is InChI=1S/C55H101NO18/c1-3-4-5-6-7-8-9-10-11-12-13-14-15-16-17-18-19-20-21-22-23-24-25-26-27-28-29-30-31-32-33-40(61)39(56-38(2)60)37-69-53-49(67)46(64)51(42(35-58)71-53)74-55-50(68)47(65)52(43(36-59)72-55)73-54-48(66)45(63)44(62)41(34-57)70-54/h28-29,32-33,39-55,57-59,61-68H,3-27,30-31,34-37H2,1-2H3,(H,56,60)/b29-28+,33-32+. The summed E-state index contributed by atoms with van der Waals surface area (Å²) in [4.78, 5) is 12.0. The molecule has 0 aromatic heterocycles. The lowest BCUT2D eigenvalue weighted by Gasteiger charge is -2.48. The number of allylic oxidation sites excluding steroid dienone is 3. The van der Waals surface area contributed by atoms with Crippen LogP contribution in [0.4, 0.5) is 0 Å². The number of aliphatic hydroxyl groups is 11. The summed E-state index contributed by atoms with van der Waals surface area (Å²) in [6, 6.07) is -0.988. The van der Waals surface area contributed by atoms with Gasteiger partial charge in [-0.25, -0.2) is 0 Å². The number of carbonyl (C=O) groups is 1. The van der Waals surface area contributed by atoms with Crippen molar-refractivity contribution in [2.75, 3.05) is 26.4 Å². The molecule has 3 rings (SSSR count). The molecule has 0 saturated carbocycles. The van der Waals surface area contributed by atoms with E-state index in [1.807, 2.05) is 0 Å². The summed E-state index contributed by atoms with van der Waals surface area (Å²) >= 11 is 0. The summed E-state index contributed by atoms with van der Waals surface area (Å²) in [5, 5.41) is 118. The maximum Gasteiger partial charge on any atom is 0.217 e. The molecule has 0 spiro atoms. The van der Waals surface area contributed by atoms with Gasteiger partial charge in [-0.3, -0.25) is 4.79 Å². The van der Waals surface area contributed by atoms with Gasteiger partial charge >= 0.3 is 0 Å². The third-order valence-corrected chi connectivity index (χ3v) is 14.5. The van der Waals surface area contributed by atoms with Crippen molar-refractivity contribution in [3.8, 4) is 0 Å². The van der Waals surface area contributed by atoms with Gasteiger partial charge in [0.15, 0.2) is 18.9 Å².